The number of nitrogens with zero attached hydrogens (tertiary/aromatic N) is 2. The molecule has 8 heteroatoms. The summed E-state index contributed by atoms with van der Waals surface area (Å²) in [7, 11) is -3.81. The van der Waals surface area contributed by atoms with Crippen molar-refractivity contribution < 1.29 is 12.8 Å². The average Bonchev–Trinajstić information content (AvgIpc) is 2.99. The number of hydrogen-bond donors (Lipinski definition) is 0. The molecule has 1 aromatic carbocycles. The van der Waals surface area contributed by atoms with Gasteiger partial charge in [0.2, 0.25) is 10.0 Å². The van der Waals surface area contributed by atoms with Crippen LogP contribution < -0.4 is 0 Å². The Morgan fingerprint density at radius 1 is 1.23 bits per heavy atom. The van der Waals surface area contributed by atoms with Crippen LogP contribution in [0.1, 0.15) is 12.2 Å². The summed E-state index contributed by atoms with van der Waals surface area (Å²) in [5.74, 6) is 0.488. The number of furan rings is 1. The van der Waals surface area contributed by atoms with Gasteiger partial charge in [0.05, 0.1) is 33.8 Å². The predicted molar refractivity (Wildman–Crippen MR) is 83.0 cm³/mol. The van der Waals surface area contributed by atoms with Crippen LogP contribution in [0, 0.1) is 11.3 Å². The molecule has 0 saturated carbocycles. The molecule has 1 heterocycles. The first kappa shape index (κ1) is 16.8. The van der Waals surface area contributed by atoms with E-state index in [0.717, 1.165) is 0 Å². The lowest BCUT2D eigenvalue weighted by Crippen LogP contribution is -2.31. The van der Waals surface area contributed by atoms with E-state index in [0.29, 0.717) is 5.76 Å². The summed E-state index contributed by atoms with van der Waals surface area (Å²) in [5.41, 5.74) is 0. The zero-order valence-corrected chi connectivity index (χ0v) is 13.7. The maximum absolute atomic E-state index is 12.7. The number of rotatable bonds is 6. The molecule has 0 fully saturated rings. The van der Waals surface area contributed by atoms with E-state index in [1.54, 1.807) is 12.1 Å². The van der Waals surface area contributed by atoms with Crippen LogP contribution in [0.25, 0.3) is 0 Å². The van der Waals surface area contributed by atoms with Gasteiger partial charge in [0.1, 0.15) is 5.76 Å². The van der Waals surface area contributed by atoms with Crippen molar-refractivity contribution in [1.82, 2.24) is 4.31 Å². The molecular formula is C14H12Cl2N2O3S. The SMILES string of the molecule is N#CCCN(Cc1ccco1)S(=O)(=O)c1ccc(Cl)c(Cl)c1. The van der Waals surface area contributed by atoms with E-state index < -0.39 is 10.0 Å². The first-order valence-corrected chi connectivity index (χ1v) is 8.49. The minimum Gasteiger partial charge on any atom is -0.468 e. The van der Waals surface area contributed by atoms with E-state index in [1.807, 2.05) is 6.07 Å². The van der Waals surface area contributed by atoms with E-state index >= 15 is 0 Å². The molecular weight excluding hydrogens is 347 g/mol. The number of hydrogen-bond acceptors (Lipinski definition) is 4. The Morgan fingerprint density at radius 3 is 2.59 bits per heavy atom. The summed E-state index contributed by atoms with van der Waals surface area (Å²) in [4.78, 5) is 0.0198. The Morgan fingerprint density at radius 2 is 2.00 bits per heavy atom. The van der Waals surface area contributed by atoms with E-state index in [4.69, 9.17) is 32.9 Å². The number of benzene rings is 1. The fourth-order valence-electron chi connectivity index (χ4n) is 1.82. The topological polar surface area (TPSA) is 74.3 Å². The Bertz CT molecular complexity index is 783. The van der Waals surface area contributed by atoms with Gasteiger partial charge in [-0.25, -0.2) is 8.42 Å². The van der Waals surface area contributed by atoms with Crippen molar-refractivity contribution in [2.45, 2.75) is 17.9 Å². The molecule has 0 spiro atoms. The minimum absolute atomic E-state index is 0.0198. The quantitative estimate of drug-likeness (QED) is 0.788. The maximum Gasteiger partial charge on any atom is 0.243 e. The van der Waals surface area contributed by atoms with Crippen molar-refractivity contribution in [3.8, 4) is 6.07 Å². The van der Waals surface area contributed by atoms with Crippen molar-refractivity contribution in [1.29, 1.82) is 5.26 Å². The first-order valence-electron chi connectivity index (χ1n) is 6.29. The standard InChI is InChI=1S/C14H12Cl2N2O3S/c15-13-5-4-12(9-14(13)16)22(19,20)18(7-2-6-17)10-11-3-1-8-21-11/h1,3-5,8-9H,2,7,10H2. The van der Waals surface area contributed by atoms with E-state index in [2.05, 4.69) is 0 Å². The van der Waals surface area contributed by atoms with Gasteiger partial charge >= 0.3 is 0 Å². The molecule has 0 saturated heterocycles. The monoisotopic (exact) mass is 358 g/mol. The molecule has 0 amide bonds. The highest BCUT2D eigenvalue weighted by Crippen LogP contribution is 2.27. The highest BCUT2D eigenvalue weighted by Gasteiger charge is 2.25. The van der Waals surface area contributed by atoms with Crippen LogP contribution in [0.5, 0.6) is 0 Å². The molecule has 0 bridgehead atoms. The molecule has 116 valence electrons. The van der Waals surface area contributed by atoms with Crippen molar-refractivity contribution >= 4 is 33.2 Å². The normalized spacial score (nSPS) is 11.5. The van der Waals surface area contributed by atoms with Gasteiger partial charge in [-0.2, -0.15) is 9.57 Å². The molecule has 22 heavy (non-hydrogen) atoms. The van der Waals surface area contributed by atoms with Crippen LogP contribution in [0.15, 0.2) is 45.9 Å². The summed E-state index contributed by atoms with van der Waals surface area (Å²) in [6, 6.07) is 9.37. The van der Waals surface area contributed by atoms with Crippen LogP contribution in [-0.4, -0.2) is 19.3 Å². The van der Waals surface area contributed by atoms with E-state index in [1.165, 1.54) is 28.8 Å². The Kier molecular flexibility index (Phi) is 5.48. The molecule has 0 aliphatic heterocycles. The van der Waals surface area contributed by atoms with Gasteiger partial charge in [-0.15, -0.1) is 0 Å². The molecule has 2 aromatic rings. The molecule has 0 unspecified atom stereocenters. The molecule has 0 atom stereocenters. The summed E-state index contributed by atoms with van der Waals surface area (Å²) >= 11 is 11.7. The Balaban J connectivity index is 2.35. The maximum atomic E-state index is 12.7. The summed E-state index contributed by atoms with van der Waals surface area (Å²) in [6.45, 7) is 0.0943. The Labute approximate surface area is 138 Å². The van der Waals surface area contributed by atoms with Gasteiger partial charge < -0.3 is 4.42 Å². The van der Waals surface area contributed by atoms with E-state index in [9.17, 15) is 8.42 Å². The predicted octanol–water partition coefficient (Wildman–Crippen LogP) is 3.69. The van der Waals surface area contributed by atoms with Gasteiger partial charge in [0, 0.05) is 13.0 Å². The highest BCUT2D eigenvalue weighted by atomic mass is 35.5. The average molecular weight is 359 g/mol. The van der Waals surface area contributed by atoms with Gasteiger partial charge in [-0.05, 0) is 30.3 Å². The van der Waals surface area contributed by atoms with Crippen LogP contribution in [0.4, 0.5) is 0 Å². The lowest BCUT2D eigenvalue weighted by atomic mass is 10.4. The molecule has 0 aliphatic rings. The smallest absolute Gasteiger partial charge is 0.243 e. The molecule has 1 aromatic heterocycles. The van der Waals surface area contributed by atoms with Crippen molar-refractivity contribution in [2.24, 2.45) is 0 Å². The second kappa shape index (κ2) is 7.16. The molecule has 0 aliphatic carbocycles. The van der Waals surface area contributed by atoms with Crippen LogP contribution in [-0.2, 0) is 16.6 Å². The fourth-order valence-corrected chi connectivity index (χ4v) is 3.62. The third kappa shape index (κ3) is 3.81. The largest absolute Gasteiger partial charge is 0.468 e. The highest BCUT2D eigenvalue weighted by molar-refractivity contribution is 7.89. The Hall–Kier alpha value is -1.52. The summed E-state index contributed by atoms with van der Waals surface area (Å²) < 4.78 is 31.8. The van der Waals surface area contributed by atoms with Crippen molar-refractivity contribution in [3.63, 3.8) is 0 Å². The third-order valence-corrected chi connectivity index (χ3v) is 5.49. The lowest BCUT2D eigenvalue weighted by molar-refractivity contribution is 0.368. The van der Waals surface area contributed by atoms with Crippen molar-refractivity contribution in [3.05, 3.63) is 52.4 Å². The van der Waals surface area contributed by atoms with Crippen LogP contribution in [0.3, 0.4) is 0 Å². The third-order valence-electron chi connectivity index (χ3n) is 2.91. The summed E-state index contributed by atoms with van der Waals surface area (Å²) in [5, 5.41) is 9.15. The van der Waals surface area contributed by atoms with Gasteiger partial charge in [0.25, 0.3) is 0 Å². The first-order chi connectivity index (χ1) is 10.4. The lowest BCUT2D eigenvalue weighted by Gasteiger charge is -2.20. The summed E-state index contributed by atoms with van der Waals surface area (Å²) in [6.07, 6.45) is 1.53. The molecule has 5 nitrogen and oxygen atoms in total. The number of sulfonamides is 1. The van der Waals surface area contributed by atoms with E-state index in [-0.39, 0.29) is 34.5 Å². The fraction of sp³-hybridized carbons (Fsp3) is 0.214. The zero-order valence-electron chi connectivity index (χ0n) is 11.4. The number of nitriles is 1. The molecule has 0 N–H and O–H groups in total. The molecule has 0 radical (unpaired) electrons. The van der Waals surface area contributed by atoms with Crippen LogP contribution in [0.2, 0.25) is 10.0 Å². The van der Waals surface area contributed by atoms with Crippen LogP contribution >= 0.6 is 23.2 Å². The molecule has 2 rings (SSSR count). The second-order valence-corrected chi connectivity index (χ2v) is 7.15. The van der Waals surface area contributed by atoms with Gasteiger partial charge in [-0.1, -0.05) is 23.2 Å². The minimum atomic E-state index is -3.81. The zero-order chi connectivity index (χ0) is 16.2. The van der Waals surface area contributed by atoms with Crippen molar-refractivity contribution in [2.75, 3.05) is 6.54 Å². The van der Waals surface area contributed by atoms with Gasteiger partial charge in [0.15, 0.2) is 0 Å². The number of halogens is 2. The second-order valence-electron chi connectivity index (χ2n) is 4.40. The van der Waals surface area contributed by atoms with Gasteiger partial charge in [-0.3, -0.25) is 0 Å².